The Balaban J connectivity index is 2.01. The number of benzene rings is 1. The molecule has 18 heavy (non-hydrogen) atoms. The van der Waals surface area contributed by atoms with E-state index in [2.05, 4.69) is 17.2 Å². The van der Waals surface area contributed by atoms with Gasteiger partial charge in [-0.1, -0.05) is 0 Å². The van der Waals surface area contributed by atoms with Crippen LogP contribution in [0.15, 0.2) is 24.3 Å². The first kappa shape index (κ1) is 12.9. The second kappa shape index (κ2) is 5.84. The van der Waals surface area contributed by atoms with Crippen LogP contribution in [-0.2, 0) is 0 Å². The fourth-order valence-electron chi connectivity index (χ4n) is 1.46. The predicted octanol–water partition coefficient (Wildman–Crippen LogP) is 2.84. The van der Waals surface area contributed by atoms with Crippen LogP contribution in [0.3, 0.4) is 0 Å². The first-order valence-corrected chi connectivity index (χ1v) is 6.64. The lowest BCUT2D eigenvalue weighted by atomic mass is 10.3. The van der Waals surface area contributed by atoms with Crippen molar-refractivity contribution >= 4 is 22.2 Å². The molecule has 3 N–H and O–H groups in total. The lowest BCUT2D eigenvalue weighted by Gasteiger charge is -2.06. The number of nitrogens with zero attached hydrogens (tertiary/aromatic N) is 1. The van der Waals surface area contributed by atoms with E-state index >= 15 is 0 Å². The highest BCUT2D eigenvalue weighted by Crippen LogP contribution is 2.25. The summed E-state index contributed by atoms with van der Waals surface area (Å²) in [5.41, 5.74) is 7.46. The number of ether oxygens (including phenoxy) is 1. The molecule has 0 saturated carbocycles. The van der Waals surface area contributed by atoms with Gasteiger partial charge in [-0.2, -0.15) is 0 Å². The molecule has 0 amide bonds. The van der Waals surface area contributed by atoms with E-state index in [9.17, 15) is 0 Å². The van der Waals surface area contributed by atoms with Crippen molar-refractivity contribution in [1.82, 2.24) is 4.98 Å². The smallest absolute Gasteiger partial charge is 0.187 e. The summed E-state index contributed by atoms with van der Waals surface area (Å²) in [7, 11) is 0. The molecule has 0 spiro atoms. The minimum atomic E-state index is 0.525. The van der Waals surface area contributed by atoms with E-state index in [-0.39, 0.29) is 0 Å². The van der Waals surface area contributed by atoms with E-state index < -0.39 is 0 Å². The van der Waals surface area contributed by atoms with Gasteiger partial charge in [-0.3, -0.25) is 0 Å². The molecular weight excluding hydrogens is 246 g/mol. The van der Waals surface area contributed by atoms with Crippen LogP contribution < -0.4 is 15.8 Å². The van der Waals surface area contributed by atoms with Gasteiger partial charge in [-0.05, 0) is 38.1 Å². The minimum absolute atomic E-state index is 0.525. The summed E-state index contributed by atoms with van der Waals surface area (Å²) < 4.78 is 5.42. The van der Waals surface area contributed by atoms with Gasteiger partial charge < -0.3 is 15.8 Å². The molecule has 2 rings (SSSR count). The molecule has 0 bridgehead atoms. The molecule has 96 valence electrons. The summed E-state index contributed by atoms with van der Waals surface area (Å²) in [6, 6.07) is 7.78. The Kier molecular flexibility index (Phi) is 4.17. The third-order valence-corrected chi connectivity index (χ3v) is 3.51. The van der Waals surface area contributed by atoms with E-state index in [1.54, 1.807) is 11.3 Å². The number of anilines is 2. The summed E-state index contributed by atoms with van der Waals surface area (Å²) in [5.74, 6) is 0.831. The Hall–Kier alpha value is -1.59. The third-order valence-electron chi connectivity index (χ3n) is 2.52. The van der Waals surface area contributed by atoms with E-state index in [4.69, 9.17) is 10.5 Å². The van der Waals surface area contributed by atoms with Gasteiger partial charge in [-0.25, -0.2) is 4.98 Å². The van der Waals surface area contributed by atoms with Gasteiger partial charge in [-0.15, -0.1) is 11.3 Å². The largest absolute Gasteiger partial charge is 0.492 e. The maximum Gasteiger partial charge on any atom is 0.187 e. The van der Waals surface area contributed by atoms with Gasteiger partial charge in [0, 0.05) is 17.1 Å². The van der Waals surface area contributed by atoms with Gasteiger partial charge >= 0.3 is 0 Å². The molecule has 0 unspecified atom stereocenters. The number of thiazole rings is 1. The molecule has 2 aromatic rings. The van der Waals surface area contributed by atoms with Crippen molar-refractivity contribution in [3.05, 3.63) is 34.8 Å². The van der Waals surface area contributed by atoms with Gasteiger partial charge in [0.1, 0.15) is 12.4 Å². The number of hydrogen-bond acceptors (Lipinski definition) is 5. The summed E-state index contributed by atoms with van der Waals surface area (Å²) in [5, 5.41) is 4.19. The quantitative estimate of drug-likeness (QED) is 0.871. The highest BCUT2D eigenvalue weighted by molar-refractivity contribution is 7.15. The Bertz CT molecular complexity index is 488. The van der Waals surface area contributed by atoms with Crippen molar-refractivity contribution in [3.8, 4) is 5.75 Å². The van der Waals surface area contributed by atoms with Crippen LogP contribution in [0.4, 0.5) is 10.8 Å². The topological polar surface area (TPSA) is 60.2 Å². The van der Waals surface area contributed by atoms with Crippen molar-refractivity contribution in [2.75, 3.05) is 18.5 Å². The second-order valence-corrected chi connectivity index (χ2v) is 5.15. The van der Waals surface area contributed by atoms with Crippen molar-refractivity contribution in [1.29, 1.82) is 0 Å². The normalized spacial score (nSPS) is 10.4. The fourth-order valence-corrected chi connectivity index (χ4v) is 2.30. The highest BCUT2D eigenvalue weighted by atomic mass is 32.1. The molecule has 0 fully saturated rings. The average molecular weight is 263 g/mol. The number of nitrogens with one attached hydrogen (secondary N) is 1. The molecule has 4 nitrogen and oxygen atoms in total. The molecule has 0 aliphatic carbocycles. The Labute approximate surface area is 111 Å². The molecule has 5 heteroatoms. The third kappa shape index (κ3) is 3.21. The number of aryl methyl sites for hydroxylation is 2. The van der Waals surface area contributed by atoms with Crippen LogP contribution in [0.2, 0.25) is 0 Å². The van der Waals surface area contributed by atoms with E-state index in [1.807, 2.05) is 31.2 Å². The molecule has 0 aliphatic heterocycles. The number of nitrogens with two attached hydrogens (primary N) is 1. The Morgan fingerprint density at radius 2 is 2.00 bits per heavy atom. The molecule has 1 aromatic heterocycles. The molecule has 1 heterocycles. The highest BCUT2D eigenvalue weighted by Gasteiger charge is 2.03. The van der Waals surface area contributed by atoms with Crippen molar-refractivity contribution in [2.24, 2.45) is 5.73 Å². The van der Waals surface area contributed by atoms with Crippen LogP contribution in [0.5, 0.6) is 5.75 Å². The van der Waals surface area contributed by atoms with Gasteiger partial charge in [0.25, 0.3) is 0 Å². The lowest BCUT2D eigenvalue weighted by Crippen LogP contribution is -2.10. The molecular formula is C13H17N3OS. The maximum atomic E-state index is 5.42. The predicted molar refractivity (Wildman–Crippen MR) is 75.9 cm³/mol. The SMILES string of the molecule is Cc1nc(Nc2ccc(OCCN)cc2)sc1C. The van der Waals surface area contributed by atoms with E-state index in [0.29, 0.717) is 13.2 Å². The molecule has 1 aromatic carbocycles. The maximum absolute atomic E-state index is 5.42. The molecule has 0 atom stereocenters. The van der Waals surface area contributed by atoms with Gasteiger partial charge in [0.15, 0.2) is 5.13 Å². The van der Waals surface area contributed by atoms with Crippen molar-refractivity contribution < 1.29 is 4.74 Å². The number of hydrogen-bond donors (Lipinski definition) is 2. The summed E-state index contributed by atoms with van der Waals surface area (Å²) in [6.07, 6.45) is 0. The van der Waals surface area contributed by atoms with Crippen molar-refractivity contribution in [2.45, 2.75) is 13.8 Å². The van der Waals surface area contributed by atoms with E-state index in [1.165, 1.54) is 4.88 Å². The van der Waals surface area contributed by atoms with Gasteiger partial charge in [0.2, 0.25) is 0 Å². The number of aromatic nitrogens is 1. The summed E-state index contributed by atoms with van der Waals surface area (Å²) >= 11 is 1.66. The standard InChI is InChI=1S/C13H17N3OS/c1-9-10(2)18-13(15-9)16-11-3-5-12(6-4-11)17-8-7-14/h3-6H,7-8,14H2,1-2H3,(H,15,16). The summed E-state index contributed by atoms with van der Waals surface area (Å²) in [6.45, 7) is 5.15. The molecule has 0 aliphatic rings. The fraction of sp³-hybridized carbons (Fsp3) is 0.308. The van der Waals surface area contributed by atoms with Crippen LogP contribution in [-0.4, -0.2) is 18.1 Å². The zero-order valence-electron chi connectivity index (χ0n) is 10.6. The van der Waals surface area contributed by atoms with Gasteiger partial charge in [0.05, 0.1) is 5.69 Å². The van der Waals surface area contributed by atoms with Crippen molar-refractivity contribution in [3.63, 3.8) is 0 Å². The summed E-state index contributed by atoms with van der Waals surface area (Å²) in [4.78, 5) is 5.67. The van der Waals surface area contributed by atoms with E-state index in [0.717, 1.165) is 22.3 Å². The molecule has 0 saturated heterocycles. The Morgan fingerprint density at radius 1 is 1.28 bits per heavy atom. The zero-order chi connectivity index (χ0) is 13.0. The minimum Gasteiger partial charge on any atom is -0.492 e. The monoisotopic (exact) mass is 263 g/mol. The first-order chi connectivity index (χ1) is 8.69. The Morgan fingerprint density at radius 3 is 2.56 bits per heavy atom. The number of rotatable bonds is 5. The zero-order valence-corrected chi connectivity index (χ0v) is 11.4. The average Bonchev–Trinajstić information content (AvgIpc) is 2.67. The van der Waals surface area contributed by atoms with Crippen LogP contribution in [0.1, 0.15) is 10.6 Å². The van der Waals surface area contributed by atoms with Crippen LogP contribution in [0, 0.1) is 13.8 Å². The second-order valence-electron chi connectivity index (χ2n) is 3.95. The first-order valence-electron chi connectivity index (χ1n) is 5.83. The lowest BCUT2D eigenvalue weighted by molar-refractivity contribution is 0.328. The van der Waals surface area contributed by atoms with Crippen LogP contribution in [0.25, 0.3) is 0 Å². The molecule has 0 radical (unpaired) electrons. The van der Waals surface area contributed by atoms with Crippen LogP contribution >= 0.6 is 11.3 Å².